The van der Waals surface area contributed by atoms with Crippen molar-refractivity contribution in [2.24, 2.45) is 10.7 Å². The summed E-state index contributed by atoms with van der Waals surface area (Å²) in [6.45, 7) is 6.10. The van der Waals surface area contributed by atoms with Gasteiger partial charge in [0.1, 0.15) is 0 Å². The summed E-state index contributed by atoms with van der Waals surface area (Å²) in [6, 6.07) is 7.03. The van der Waals surface area contributed by atoms with Crippen molar-refractivity contribution in [1.82, 2.24) is 4.90 Å². The van der Waals surface area contributed by atoms with Gasteiger partial charge in [0, 0.05) is 18.3 Å². The predicted octanol–water partition coefficient (Wildman–Crippen LogP) is 4.30. The van der Waals surface area contributed by atoms with Crippen molar-refractivity contribution >= 4 is 35.6 Å². The summed E-state index contributed by atoms with van der Waals surface area (Å²) in [5.74, 6) is 0.508. The molecule has 1 aliphatic rings. The molecule has 0 bridgehead atoms. The van der Waals surface area contributed by atoms with Gasteiger partial charge in [-0.05, 0) is 70.0 Å². The first-order chi connectivity index (χ1) is 11.1. The number of guanidine groups is 1. The molecule has 0 amide bonds. The number of nitrogens with two attached hydrogens (primary N) is 1. The van der Waals surface area contributed by atoms with E-state index in [0.29, 0.717) is 5.96 Å². The fourth-order valence-corrected chi connectivity index (χ4v) is 3.23. The van der Waals surface area contributed by atoms with Crippen molar-refractivity contribution in [2.75, 3.05) is 25.5 Å². The van der Waals surface area contributed by atoms with Crippen LogP contribution in [0, 0.1) is 13.8 Å². The average molecular weight is 444 g/mol. The molecule has 1 aliphatic carbocycles. The van der Waals surface area contributed by atoms with Crippen LogP contribution in [-0.4, -0.2) is 37.0 Å². The number of benzene rings is 1. The van der Waals surface area contributed by atoms with Crippen LogP contribution < -0.4 is 11.1 Å². The molecule has 0 spiro atoms. The van der Waals surface area contributed by atoms with Crippen LogP contribution in [0.5, 0.6) is 0 Å². The van der Waals surface area contributed by atoms with Crippen molar-refractivity contribution in [3.05, 3.63) is 29.3 Å². The first kappa shape index (κ1) is 21.2. The number of aryl methyl sites for hydroxylation is 2. The van der Waals surface area contributed by atoms with E-state index in [1.807, 2.05) is 6.07 Å². The highest BCUT2D eigenvalue weighted by molar-refractivity contribution is 14.0. The number of nitrogens with zero attached hydrogens (tertiary/aromatic N) is 2. The highest BCUT2D eigenvalue weighted by Gasteiger charge is 2.17. The molecule has 0 atom stereocenters. The van der Waals surface area contributed by atoms with Crippen molar-refractivity contribution in [1.29, 1.82) is 0 Å². The monoisotopic (exact) mass is 444 g/mol. The number of aliphatic imine (C=N–C) groups is 1. The van der Waals surface area contributed by atoms with E-state index < -0.39 is 0 Å². The van der Waals surface area contributed by atoms with Gasteiger partial charge < -0.3 is 16.0 Å². The van der Waals surface area contributed by atoms with E-state index >= 15 is 0 Å². The number of hydrogen-bond donors (Lipinski definition) is 2. The smallest absolute Gasteiger partial charge is 0.193 e. The zero-order chi connectivity index (χ0) is 16.7. The van der Waals surface area contributed by atoms with Crippen LogP contribution in [0.25, 0.3) is 0 Å². The summed E-state index contributed by atoms with van der Waals surface area (Å²) in [5, 5.41) is 3.18. The maximum atomic E-state index is 5.98. The van der Waals surface area contributed by atoms with E-state index in [9.17, 15) is 0 Å². The molecule has 5 heteroatoms. The van der Waals surface area contributed by atoms with Gasteiger partial charge in [-0.2, -0.15) is 0 Å². The van der Waals surface area contributed by atoms with Gasteiger partial charge in [-0.3, -0.25) is 4.99 Å². The van der Waals surface area contributed by atoms with E-state index in [1.54, 1.807) is 0 Å². The van der Waals surface area contributed by atoms with Gasteiger partial charge >= 0.3 is 0 Å². The lowest BCUT2D eigenvalue weighted by molar-refractivity contribution is 0.191. The minimum Gasteiger partial charge on any atom is -0.370 e. The lowest BCUT2D eigenvalue weighted by Crippen LogP contribution is -2.34. The zero-order valence-corrected chi connectivity index (χ0v) is 17.7. The molecule has 0 aliphatic heterocycles. The molecule has 0 radical (unpaired) electrons. The quantitative estimate of drug-likeness (QED) is 0.298. The second-order valence-electron chi connectivity index (χ2n) is 6.82. The Kier molecular flexibility index (Phi) is 9.66. The lowest BCUT2D eigenvalue weighted by atomic mass is 9.94. The molecule has 24 heavy (non-hydrogen) atoms. The third-order valence-corrected chi connectivity index (χ3v) is 4.93. The van der Waals surface area contributed by atoms with E-state index in [-0.39, 0.29) is 24.0 Å². The molecule has 1 aromatic carbocycles. The molecule has 4 nitrogen and oxygen atoms in total. The van der Waals surface area contributed by atoms with Crippen LogP contribution in [0.2, 0.25) is 0 Å². The predicted molar refractivity (Wildman–Crippen MR) is 116 cm³/mol. The average Bonchev–Trinajstić information content (AvgIpc) is 2.55. The molecule has 3 N–H and O–H groups in total. The van der Waals surface area contributed by atoms with Crippen LogP contribution >= 0.6 is 24.0 Å². The molecule has 0 aromatic heterocycles. The third kappa shape index (κ3) is 6.97. The summed E-state index contributed by atoms with van der Waals surface area (Å²) >= 11 is 0. The Bertz CT molecular complexity index is 524. The number of rotatable bonds is 6. The van der Waals surface area contributed by atoms with Gasteiger partial charge in [0.2, 0.25) is 0 Å². The number of halogens is 1. The van der Waals surface area contributed by atoms with Crippen molar-refractivity contribution in [2.45, 2.75) is 58.4 Å². The van der Waals surface area contributed by atoms with Gasteiger partial charge in [0.25, 0.3) is 0 Å². The largest absolute Gasteiger partial charge is 0.370 e. The third-order valence-electron chi connectivity index (χ3n) is 4.93. The van der Waals surface area contributed by atoms with Crippen molar-refractivity contribution < 1.29 is 0 Å². The topological polar surface area (TPSA) is 53.6 Å². The zero-order valence-electron chi connectivity index (χ0n) is 15.3. The van der Waals surface area contributed by atoms with Gasteiger partial charge in [-0.15, -0.1) is 24.0 Å². The van der Waals surface area contributed by atoms with E-state index in [4.69, 9.17) is 5.73 Å². The molecular formula is C19H33IN4. The van der Waals surface area contributed by atoms with Crippen LogP contribution in [0.3, 0.4) is 0 Å². The molecule has 0 heterocycles. The van der Waals surface area contributed by atoms with Crippen molar-refractivity contribution in [3.8, 4) is 0 Å². The van der Waals surface area contributed by atoms with Crippen molar-refractivity contribution in [3.63, 3.8) is 0 Å². The fourth-order valence-electron chi connectivity index (χ4n) is 3.23. The summed E-state index contributed by atoms with van der Waals surface area (Å²) in [6.07, 6.45) is 7.96. The Labute approximate surface area is 164 Å². The minimum absolute atomic E-state index is 0. The first-order valence-corrected chi connectivity index (χ1v) is 8.90. The van der Waals surface area contributed by atoms with Gasteiger partial charge in [-0.25, -0.2) is 0 Å². The summed E-state index contributed by atoms with van der Waals surface area (Å²) < 4.78 is 0. The Morgan fingerprint density at radius 3 is 2.58 bits per heavy atom. The van der Waals surface area contributed by atoms with E-state index in [0.717, 1.165) is 31.2 Å². The highest BCUT2D eigenvalue weighted by atomic mass is 127. The molecule has 2 rings (SSSR count). The Morgan fingerprint density at radius 2 is 1.92 bits per heavy atom. The Morgan fingerprint density at radius 1 is 1.21 bits per heavy atom. The fraction of sp³-hybridized carbons (Fsp3) is 0.632. The molecule has 1 saturated carbocycles. The first-order valence-electron chi connectivity index (χ1n) is 8.90. The van der Waals surface area contributed by atoms with E-state index in [2.05, 4.69) is 48.2 Å². The second kappa shape index (κ2) is 10.9. The standard InChI is InChI=1S/C19H32N4.HI/c1-15-10-11-17(14-16(15)2)22-19(20)21-12-7-13-23(3)18-8-5-4-6-9-18;/h10-11,14,18H,4-9,12-13H2,1-3H3,(H3,20,21,22);1H. The van der Waals surface area contributed by atoms with Crippen LogP contribution in [0.1, 0.15) is 49.7 Å². The Balaban J connectivity index is 0.00000288. The van der Waals surface area contributed by atoms with Crippen LogP contribution in [-0.2, 0) is 0 Å². The lowest BCUT2D eigenvalue weighted by Gasteiger charge is -2.30. The summed E-state index contributed by atoms with van der Waals surface area (Å²) in [7, 11) is 2.25. The maximum Gasteiger partial charge on any atom is 0.193 e. The molecule has 136 valence electrons. The van der Waals surface area contributed by atoms with Gasteiger partial charge in [0.05, 0.1) is 0 Å². The van der Waals surface area contributed by atoms with Crippen LogP contribution in [0.15, 0.2) is 23.2 Å². The molecule has 0 unspecified atom stereocenters. The normalized spacial score (nSPS) is 16.1. The SMILES string of the molecule is Cc1ccc(NC(N)=NCCCN(C)C2CCCCC2)cc1C.I. The number of hydrogen-bond acceptors (Lipinski definition) is 2. The highest BCUT2D eigenvalue weighted by Crippen LogP contribution is 2.21. The number of nitrogens with one attached hydrogen (secondary N) is 1. The molecule has 0 saturated heterocycles. The van der Waals surface area contributed by atoms with Gasteiger partial charge in [-0.1, -0.05) is 25.3 Å². The molecule has 1 aromatic rings. The van der Waals surface area contributed by atoms with Gasteiger partial charge in [0.15, 0.2) is 5.96 Å². The molecule has 1 fully saturated rings. The van der Waals surface area contributed by atoms with E-state index in [1.165, 1.54) is 43.2 Å². The van der Waals surface area contributed by atoms with Crippen LogP contribution in [0.4, 0.5) is 5.69 Å². The molecular weight excluding hydrogens is 411 g/mol. The number of anilines is 1. The summed E-state index contributed by atoms with van der Waals surface area (Å²) in [4.78, 5) is 6.95. The Hall–Kier alpha value is -0.820. The summed E-state index contributed by atoms with van der Waals surface area (Å²) in [5.41, 5.74) is 9.54. The second-order valence-corrected chi connectivity index (χ2v) is 6.82. The minimum atomic E-state index is 0. The maximum absolute atomic E-state index is 5.98.